The molecule has 2 N–H and O–H groups in total. The molecule has 3 amide bonds. The van der Waals surface area contributed by atoms with E-state index in [-0.39, 0.29) is 10.8 Å². The van der Waals surface area contributed by atoms with Crippen LogP contribution in [-0.2, 0) is 0 Å². The number of nitrogens with one attached hydrogen (secondary N) is 2. The number of pyridine rings is 1. The number of nitrogens with zero attached hydrogens (tertiary/aromatic N) is 1. The van der Waals surface area contributed by atoms with Crippen LogP contribution in [0.2, 0.25) is 5.15 Å². The summed E-state index contributed by atoms with van der Waals surface area (Å²) in [6.07, 6.45) is 1.28. The van der Waals surface area contributed by atoms with E-state index in [4.69, 9.17) is 11.6 Å². The molecule has 0 radical (unpaired) electrons. The number of anilines is 1. The molecule has 8 heteroatoms. The Bertz CT molecular complexity index is 733. The molecule has 2 aromatic rings. The van der Waals surface area contributed by atoms with E-state index in [1.807, 2.05) is 5.32 Å². The number of hydrogen-bond acceptors (Lipinski definition) is 3. The smallest absolute Gasteiger partial charge is 0.306 e. The van der Waals surface area contributed by atoms with Gasteiger partial charge in [0, 0.05) is 0 Å². The minimum atomic E-state index is -1.19. The average Bonchev–Trinajstić information content (AvgIpc) is 2.42. The number of imide groups is 1. The van der Waals surface area contributed by atoms with Crippen LogP contribution < -0.4 is 10.6 Å². The lowest BCUT2D eigenvalue weighted by Gasteiger charge is -2.08. The van der Waals surface area contributed by atoms with E-state index in [0.717, 1.165) is 18.2 Å². The number of amides is 3. The lowest BCUT2D eigenvalue weighted by atomic mass is 10.2. The number of hydrogen-bond donors (Lipinski definition) is 2. The monoisotopic (exact) mass is 325 g/mol. The van der Waals surface area contributed by atoms with E-state index in [9.17, 15) is 18.4 Å². The molecule has 114 valence electrons. The quantitative estimate of drug-likeness (QED) is 0.832. The van der Waals surface area contributed by atoms with Gasteiger partial charge in [0.25, 0.3) is 5.91 Å². The summed E-state index contributed by atoms with van der Waals surface area (Å²) in [6.45, 7) is 1.68. The Hall–Kier alpha value is -2.54. The van der Waals surface area contributed by atoms with Gasteiger partial charge < -0.3 is 5.32 Å². The SMILES string of the molecule is Cc1cc(NC(=O)NC(=O)c2c(F)cccc2F)cnc1Cl. The van der Waals surface area contributed by atoms with Crippen molar-refractivity contribution < 1.29 is 18.4 Å². The first-order valence-electron chi connectivity index (χ1n) is 6.07. The maximum absolute atomic E-state index is 13.4. The molecule has 2 rings (SSSR count). The van der Waals surface area contributed by atoms with E-state index in [1.165, 1.54) is 12.3 Å². The Morgan fingerprint density at radius 3 is 2.45 bits per heavy atom. The Labute approximate surface area is 129 Å². The fourth-order valence-electron chi connectivity index (χ4n) is 1.67. The molecule has 0 bridgehead atoms. The number of benzene rings is 1. The fraction of sp³-hybridized carbons (Fsp3) is 0.0714. The van der Waals surface area contributed by atoms with E-state index < -0.39 is 29.1 Å². The predicted octanol–water partition coefficient (Wildman–Crippen LogP) is 3.28. The standard InChI is InChI=1S/C14H10ClF2N3O2/c1-7-5-8(6-18-12(7)15)19-14(22)20-13(21)11-9(16)3-2-4-10(11)17/h2-6H,1H3,(H2,19,20,21,22). The predicted molar refractivity (Wildman–Crippen MR) is 76.8 cm³/mol. The molecule has 0 saturated carbocycles. The molecule has 0 saturated heterocycles. The number of rotatable bonds is 2. The van der Waals surface area contributed by atoms with Crippen LogP contribution in [0, 0.1) is 18.6 Å². The number of halogens is 3. The normalized spacial score (nSPS) is 10.2. The first kappa shape index (κ1) is 15.8. The zero-order valence-corrected chi connectivity index (χ0v) is 12.0. The van der Waals surface area contributed by atoms with Gasteiger partial charge in [-0.15, -0.1) is 0 Å². The summed E-state index contributed by atoms with van der Waals surface area (Å²) in [5.74, 6) is -3.31. The van der Waals surface area contributed by atoms with E-state index >= 15 is 0 Å². The largest absolute Gasteiger partial charge is 0.326 e. The van der Waals surface area contributed by atoms with Gasteiger partial charge in [-0.05, 0) is 30.7 Å². The van der Waals surface area contributed by atoms with Crippen LogP contribution in [0.1, 0.15) is 15.9 Å². The Morgan fingerprint density at radius 2 is 1.86 bits per heavy atom. The summed E-state index contributed by atoms with van der Waals surface area (Å²) in [7, 11) is 0. The van der Waals surface area contributed by atoms with Crippen molar-refractivity contribution in [1.82, 2.24) is 10.3 Å². The highest BCUT2D eigenvalue weighted by atomic mass is 35.5. The van der Waals surface area contributed by atoms with Crippen LogP contribution in [0.25, 0.3) is 0 Å². The molecule has 0 aliphatic carbocycles. The van der Waals surface area contributed by atoms with E-state index in [1.54, 1.807) is 6.92 Å². The van der Waals surface area contributed by atoms with Gasteiger partial charge in [-0.25, -0.2) is 18.6 Å². The van der Waals surface area contributed by atoms with Crippen LogP contribution >= 0.6 is 11.6 Å². The molecule has 0 aliphatic heterocycles. The van der Waals surface area contributed by atoms with Crippen molar-refractivity contribution in [3.05, 3.63) is 58.4 Å². The van der Waals surface area contributed by atoms with Gasteiger partial charge in [0.2, 0.25) is 0 Å². The molecule has 1 heterocycles. The molecule has 1 aromatic heterocycles. The van der Waals surface area contributed by atoms with Crippen molar-refractivity contribution in [2.45, 2.75) is 6.92 Å². The van der Waals surface area contributed by atoms with Crippen molar-refractivity contribution in [2.24, 2.45) is 0 Å². The zero-order chi connectivity index (χ0) is 16.3. The molecule has 1 aromatic carbocycles. The summed E-state index contributed by atoms with van der Waals surface area (Å²) in [4.78, 5) is 27.2. The van der Waals surface area contributed by atoms with Gasteiger partial charge in [-0.1, -0.05) is 17.7 Å². The van der Waals surface area contributed by atoms with Gasteiger partial charge in [-0.3, -0.25) is 10.1 Å². The highest BCUT2D eigenvalue weighted by Crippen LogP contribution is 2.16. The van der Waals surface area contributed by atoms with Gasteiger partial charge in [0.05, 0.1) is 11.9 Å². The average molecular weight is 326 g/mol. The lowest BCUT2D eigenvalue weighted by Crippen LogP contribution is -2.35. The summed E-state index contributed by atoms with van der Waals surface area (Å²) < 4.78 is 26.8. The molecule has 0 atom stereocenters. The minimum absolute atomic E-state index is 0.274. The van der Waals surface area contributed by atoms with Gasteiger partial charge in [0.15, 0.2) is 0 Å². The van der Waals surface area contributed by atoms with Crippen LogP contribution in [0.4, 0.5) is 19.3 Å². The topological polar surface area (TPSA) is 71.1 Å². The third kappa shape index (κ3) is 3.56. The number of aromatic nitrogens is 1. The van der Waals surface area contributed by atoms with Crippen molar-refractivity contribution in [2.75, 3.05) is 5.32 Å². The second kappa shape index (κ2) is 6.48. The van der Waals surface area contributed by atoms with Crippen LogP contribution in [0.3, 0.4) is 0 Å². The first-order chi connectivity index (χ1) is 10.4. The first-order valence-corrected chi connectivity index (χ1v) is 6.45. The third-order valence-corrected chi connectivity index (χ3v) is 3.08. The lowest BCUT2D eigenvalue weighted by molar-refractivity contribution is 0.0959. The van der Waals surface area contributed by atoms with Gasteiger partial charge in [0.1, 0.15) is 22.4 Å². The second-order valence-electron chi connectivity index (χ2n) is 4.34. The number of carbonyl (C=O) groups excluding carboxylic acids is 2. The maximum Gasteiger partial charge on any atom is 0.326 e. The van der Waals surface area contributed by atoms with Crippen molar-refractivity contribution in [3.8, 4) is 0 Å². The van der Waals surface area contributed by atoms with E-state index in [0.29, 0.717) is 5.56 Å². The summed E-state index contributed by atoms with van der Waals surface area (Å²) in [5.41, 5.74) is 0.0650. The van der Waals surface area contributed by atoms with Crippen molar-refractivity contribution in [1.29, 1.82) is 0 Å². The molecule has 0 aliphatic rings. The third-order valence-electron chi connectivity index (χ3n) is 2.69. The Morgan fingerprint density at radius 1 is 1.23 bits per heavy atom. The minimum Gasteiger partial charge on any atom is -0.306 e. The Kier molecular flexibility index (Phi) is 4.67. The number of carbonyl (C=O) groups is 2. The van der Waals surface area contributed by atoms with Crippen LogP contribution in [0.5, 0.6) is 0 Å². The molecule has 0 unspecified atom stereocenters. The molecule has 0 spiro atoms. The zero-order valence-electron chi connectivity index (χ0n) is 11.3. The second-order valence-corrected chi connectivity index (χ2v) is 4.69. The van der Waals surface area contributed by atoms with Crippen molar-refractivity contribution >= 4 is 29.2 Å². The number of aryl methyl sites for hydroxylation is 1. The fourth-order valence-corrected chi connectivity index (χ4v) is 1.77. The summed E-state index contributed by atoms with van der Waals surface area (Å²) in [5, 5.41) is 4.42. The summed E-state index contributed by atoms with van der Waals surface area (Å²) >= 11 is 5.74. The van der Waals surface area contributed by atoms with Gasteiger partial charge in [-0.2, -0.15) is 0 Å². The maximum atomic E-state index is 13.4. The number of urea groups is 1. The van der Waals surface area contributed by atoms with Crippen molar-refractivity contribution in [3.63, 3.8) is 0 Å². The van der Waals surface area contributed by atoms with Crippen LogP contribution in [-0.4, -0.2) is 16.9 Å². The molecule has 22 heavy (non-hydrogen) atoms. The Balaban J connectivity index is 2.08. The highest BCUT2D eigenvalue weighted by Gasteiger charge is 2.19. The highest BCUT2D eigenvalue weighted by molar-refractivity contribution is 6.30. The van der Waals surface area contributed by atoms with Gasteiger partial charge >= 0.3 is 6.03 Å². The summed E-state index contributed by atoms with van der Waals surface area (Å²) in [6, 6.07) is 3.54. The van der Waals surface area contributed by atoms with Crippen LogP contribution in [0.15, 0.2) is 30.5 Å². The molecule has 0 fully saturated rings. The molecular formula is C14H10ClF2N3O2. The molecular weight excluding hydrogens is 316 g/mol. The molecule has 5 nitrogen and oxygen atoms in total. The van der Waals surface area contributed by atoms with E-state index in [2.05, 4.69) is 10.3 Å².